The minimum Gasteiger partial charge on any atom is -0.507 e. The van der Waals surface area contributed by atoms with Crippen LogP contribution in [-0.2, 0) is 13.1 Å². The molecule has 150 valence electrons. The van der Waals surface area contributed by atoms with Gasteiger partial charge < -0.3 is 20.1 Å². The second-order valence-electron chi connectivity index (χ2n) is 7.05. The number of carboxylic acid groups (broad SMARTS) is 1. The summed E-state index contributed by atoms with van der Waals surface area (Å²) >= 11 is 0. The van der Waals surface area contributed by atoms with Gasteiger partial charge in [0.15, 0.2) is 0 Å². The lowest BCUT2D eigenvalue weighted by atomic mass is 9.98. The van der Waals surface area contributed by atoms with E-state index in [-0.39, 0.29) is 17.2 Å². The van der Waals surface area contributed by atoms with Crippen LogP contribution in [0.4, 0.5) is 0 Å². The standard InChI is InChI=1S/C24H20N2O4/c27-22-19(13-16-3-5-18(6-4-16)24(29)30)9-7-17-8-10-20(14-21(17)22)23(28)25-15-26-11-1-2-12-26/h1-12,14,27H,13,15H2,(H,25,28)(H,29,30). The fourth-order valence-corrected chi connectivity index (χ4v) is 3.36. The maximum atomic E-state index is 12.5. The highest BCUT2D eigenvalue weighted by molar-refractivity contribution is 6.00. The average molecular weight is 400 g/mol. The first kappa shape index (κ1) is 19.3. The lowest BCUT2D eigenvalue weighted by molar-refractivity contribution is 0.0696. The van der Waals surface area contributed by atoms with Crippen LogP contribution < -0.4 is 5.32 Å². The predicted octanol–water partition coefficient (Wildman–Crippen LogP) is 4.02. The van der Waals surface area contributed by atoms with Gasteiger partial charge in [-0.2, -0.15) is 0 Å². The fourth-order valence-electron chi connectivity index (χ4n) is 3.36. The minimum atomic E-state index is -0.974. The molecule has 4 aromatic rings. The molecule has 0 radical (unpaired) electrons. The van der Waals surface area contributed by atoms with Crippen molar-refractivity contribution in [1.82, 2.24) is 9.88 Å². The van der Waals surface area contributed by atoms with Crippen molar-refractivity contribution in [3.63, 3.8) is 0 Å². The van der Waals surface area contributed by atoms with Crippen molar-refractivity contribution >= 4 is 22.6 Å². The number of amides is 1. The molecular weight excluding hydrogens is 380 g/mol. The molecule has 1 heterocycles. The number of phenols is 1. The Morgan fingerprint density at radius 2 is 1.57 bits per heavy atom. The molecule has 0 saturated heterocycles. The molecule has 6 nitrogen and oxygen atoms in total. The number of aromatic nitrogens is 1. The van der Waals surface area contributed by atoms with E-state index in [1.54, 1.807) is 36.4 Å². The van der Waals surface area contributed by atoms with Gasteiger partial charge in [0.2, 0.25) is 0 Å². The van der Waals surface area contributed by atoms with Crippen molar-refractivity contribution in [2.45, 2.75) is 13.1 Å². The summed E-state index contributed by atoms with van der Waals surface area (Å²) in [5, 5.41) is 24.1. The SMILES string of the molecule is O=C(O)c1ccc(Cc2ccc3ccc(C(=O)NCn4cccc4)cc3c2O)cc1. The molecule has 0 aliphatic carbocycles. The maximum Gasteiger partial charge on any atom is 0.335 e. The van der Waals surface area contributed by atoms with Gasteiger partial charge in [0.25, 0.3) is 5.91 Å². The van der Waals surface area contributed by atoms with E-state index in [2.05, 4.69) is 5.32 Å². The molecule has 1 amide bonds. The van der Waals surface area contributed by atoms with Crippen LogP contribution in [0.3, 0.4) is 0 Å². The van der Waals surface area contributed by atoms with Crippen LogP contribution in [0.2, 0.25) is 0 Å². The second kappa shape index (κ2) is 8.13. The largest absolute Gasteiger partial charge is 0.507 e. The van der Waals surface area contributed by atoms with Crippen molar-refractivity contribution in [3.8, 4) is 5.75 Å². The predicted molar refractivity (Wildman–Crippen MR) is 114 cm³/mol. The maximum absolute atomic E-state index is 12.5. The number of hydrogen-bond acceptors (Lipinski definition) is 3. The van der Waals surface area contributed by atoms with E-state index in [0.29, 0.717) is 29.6 Å². The highest BCUT2D eigenvalue weighted by atomic mass is 16.4. The van der Waals surface area contributed by atoms with Crippen molar-refractivity contribution in [2.75, 3.05) is 0 Å². The Morgan fingerprint density at radius 1 is 0.900 bits per heavy atom. The first-order valence-electron chi connectivity index (χ1n) is 9.47. The number of hydrogen-bond donors (Lipinski definition) is 3. The number of rotatable bonds is 6. The van der Waals surface area contributed by atoms with Crippen molar-refractivity contribution in [3.05, 3.63) is 101 Å². The molecule has 4 rings (SSSR count). The van der Waals surface area contributed by atoms with Gasteiger partial charge >= 0.3 is 5.97 Å². The van der Waals surface area contributed by atoms with Gasteiger partial charge in [-0.25, -0.2) is 4.79 Å². The summed E-state index contributed by atoms with van der Waals surface area (Å²) in [5.74, 6) is -1.08. The van der Waals surface area contributed by atoms with Crippen LogP contribution >= 0.6 is 0 Å². The number of carbonyl (C=O) groups excluding carboxylic acids is 1. The quantitative estimate of drug-likeness (QED) is 0.456. The lowest BCUT2D eigenvalue weighted by Crippen LogP contribution is -2.25. The highest BCUT2D eigenvalue weighted by Crippen LogP contribution is 2.31. The summed E-state index contributed by atoms with van der Waals surface area (Å²) in [6.45, 7) is 0.363. The summed E-state index contributed by atoms with van der Waals surface area (Å²) in [4.78, 5) is 23.5. The molecule has 0 unspecified atom stereocenters. The van der Waals surface area contributed by atoms with Crippen LogP contribution in [-0.4, -0.2) is 26.7 Å². The van der Waals surface area contributed by atoms with Gasteiger partial charge in [-0.15, -0.1) is 0 Å². The van der Waals surface area contributed by atoms with E-state index < -0.39 is 5.97 Å². The van der Waals surface area contributed by atoms with Crippen molar-refractivity contribution < 1.29 is 19.8 Å². The zero-order chi connectivity index (χ0) is 21.1. The number of nitrogens with zero attached hydrogens (tertiary/aromatic N) is 1. The van der Waals surface area contributed by atoms with E-state index in [9.17, 15) is 14.7 Å². The minimum absolute atomic E-state index is 0.120. The summed E-state index contributed by atoms with van der Waals surface area (Å²) in [6, 6.07) is 19.3. The van der Waals surface area contributed by atoms with Gasteiger partial charge in [0, 0.05) is 29.8 Å². The molecule has 0 spiro atoms. The molecule has 0 atom stereocenters. The Kier molecular flexibility index (Phi) is 5.22. The third-order valence-electron chi connectivity index (χ3n) is 5.02. The molecule has 0 fully saturated rings. The first-order chi connectivity index (χ1) is 14.5. The van der Waals surface area contributed by atoms with Gasteiger partial charge in [-0.1, -0.05) is 30.3 Å². The molecule has 6 heteroatoms. The van der Waals surface area contributed by atoms with Gasteiger partial charge in [0.05, 0.1) is 12.2 Å². The van der Waals surface area contributed by atoms with E-state index in [1.807, 2.05) is 47.3 Å². The molecule has 0 bridgehead atoms. The number of nitrogens with one attached hydrogen (secondary N) is 1. The van der Waals surface area contributed by atoms with Crippen molar-refractivity contribution in [1.29, 1.82) is 0 Å². The average Bonchev–Trinajstić information content (AvgIpc) is 3.28. The third kappa shape index (κ3) is 4.03. The molecule has 0 aliphatic heterocycles. The van der Waals surface area contributed by atoms with Crippen LogP contribution in [0.5, 0.6) is 5.75 Å². The summed E-state index contributed by atoms with van der Waals surface area (Å²) in [7, 11) is 0. The zero-order valence-corrected chi connectivity index (χ0v) is 16.1. The third-order valence-corrected chi connectivity index (χ3v) is 5.02. The Bertz CT molecular complexity index is 1210. The molecule has 3 N–H and O–H groups in total. The summed E-state index contributed by atoms with van der Waals surface area (Å²) in [6.07, 6.45) is 4.18. The molecule has 0 saturated carbocycles. The molecule has 0 aliphatic rings. The fraction of sp³-hybridized carbons (Fsp3) is 0.0833. The van der Waals surface area contributed by atoms with Crippen LogP contribution in [0.15, 0.2) is 79.1 Å². The Balaban J connectivity index is 1.57. The number of phenolic OH excluding ortho intramolecular Hbond substituents is 1. The van der Waals surface area contributed by atoms with E-state index in [0.717, 1.165) is 10.9 Å². The first-order valence-corrected chi connectivity index (χ1v) is 9.47. The number of fused-ring (bicyclic) bond motifs is 1. The molecule has 1 aromatic heterocycles. The van der Waals surface area contributed by atoms with Crippen LogP contribution in [0.1, 0.15) is 31.8 Å². The molecule has 3 aromatic carbocycles. The van der Waals surface area contributed by atoms with Gasteiger partial charge in [-0.05, 0) is 52.9 Å². The van der Waals surface area contributed by atoms with Gasteiger partial charge in [-0.3, -0.25) is 4.79 Å². The Morgan fingerprint density at radius 3 is 2.27 bits per heavy atom. The number of benzene rings is 3. The number of carbonyl (C=O) groups is 2. The van der Waals surface area contributed by atoms with Gasteiger partial charge in [0.1, 0.15) is 5.75 Å². The zero-order valence-electron chi connectivity index (χ0n) is 16.1. The number of carboxylic acids is 1. The van der Waals surface area contributed by atoms with E-state index >= 15 is 0 Å². The number of aromatic hydroxyl groups is 1. The monoisotopic (exact) mass is 400 g/mol. The van der Waals surface area contributed by atoms with Crippen molar-refractivity contribution in [2.24, 2.45) is 0 Å². The number of aromatic carboxylic acids is 1. The topological polar surface area (TPSA) is 91.6 Å². The van der Waals surface area contributed by atoms with Crippen LogP contribution in [0.25, 0.3) is 10.8 Å². The Hall–Kier alpha value is -4.06. The molecule has 30 heavy (non-hydrogen) atoms. The normalized spacial score (nSPS) is 10.8. The second-order valence-corrected chi connectivity index (χ2v) is 7.05. The summed E-state index contributed by atoms with van der Waals surface area (Å²) < 4.78 is 1.85. The smallest absolute Gasteiger partial charge is 0.335 e. The summed E-state index contributed by atoms with van der Waals surface area (Å²) in [5.41, 5.74) is 2.27. The van der Waals surface area contributed by atoms with E-state index in [1.165, 1.54) is 0 Å². The lowest BCUT2D eigenvalue weighted by Gasteiger charge is -2.11. The highest BCUT2D eigenvalue weighted by Gasteiger charge is 2.12. The van der Waals surface area contributed by atoms with E-state index in [4.69, 9.17) is 5.11 Å². The Labute approximate surface area is 173 Å². The molecular formula is C24H20N2O4. The van der Waals surface area contributed by atoms with Crippen LogP contribution in [0, 0.1) is 0 Å².